The molecule has 112 valence electrons. The number of pyridine rings is 1. The van der Waals surface area contributed by atoms with Crippen LogP contribution < -0.4 is 4.18 Å². The maximum Gasteiger partial charge on any atom is 0.339 e. The van der Waals surface area contributed by atoms with E-state index in [0.717, 1.165) is 5.39 Å². The molecule has 22 heavy (non-hydrogen) atoms. The molecule has 1 aromatic heterocycles. The largest absolute Gasteiger partial charge is 0.377 e. The van der Waals surface area contributed by atoms with Gasteiger partial charge in [0.25, 0.3) is 0 Å². The molecule has 0 aliphatic rings. The molecule has 0 unspecified atom stereocenters. The first kappa shape index (κ1) is 14.8. The summed E-state index contributed by atoms with van der Waals surface area (Å²) in [5.41, 5.74) is 1.03. The number of fused-ring (bicyclic) bond motifs is 1. The lowest BCUT2D eigenvalue weighted by Crippen LogP contribution is -2.11. The minimum absolute atomic E-state index is 0.0878. The first-order valence-corrected chi connectivity index (χ1v) is 8.30. The summed E-state index contributed by atoms with van der Waals surface area (Å²) < 4.78 is 30.3. The molecule has 0 fully saturated rings. The summed E-state index contributed by atoms with van der Waals surface area (Å²) in [6, 6.07) is 13.3. The van der Waals surface area contributed by atoms with Gasteiger partial charge in [-0.2, -0.15) is 8.42 Å². The molecular formula is C16H12ClNO3S. The average Bonchev–Trinajstić information content (AvgIpc) is 2.47. The van der Waals surface area contributed by atoms with Gasteiger partial charge in [0.1, 0.15) is 10.4 Å². The van der Waals surface area contributed by atoms with Crippen molar-refractivity contribution in [1.29, 1.82) is 0 Å². The van der Waals surface area contributed by atoms with Gasteiger partial charge in [-0.05, 0) is 42.8 Å². The first-order chi connectivity index (χ1) is 10.5. The quantitative estimate of drug-likeness (QED) is 0.681. The van der Waals surface area contributed by atoms with Crippen molar-refractivity contribution in [2.45, 2.75) is 11.8 Å². The molecule has 0 saturated carbocycles. The second-order valence-electron chi connectivity index (χ2n) is 4.78. The van der Waals surface area contributed by atoms with Gasteiger partial charge in [0, 0.05) is 16.6 Å². The molecule has 0 spiro atoms. The van der Waals surface area contributed by atoms with E-state index in [9.17, 15) is 8.42 Å². The van der Waals surface area contributed by atoms with Crippen molar-refractivity contribution in [1.82, 2.24) is 4.98 Å². The number of aryl methyl sites for hydroxylation is 1. The van der Waals surface area contributed by atoms with Crippen LogP contribution in [0.2, 0.25) is 5.02 Å². The molecule has 2 aromatic carbocycles. The number of hydrogen-bond donors (Lipinski definition) is 0. The number of para-hydroxylation sites is 1. The third kappa shape index (κ3) is 2.77. The van der Waals surface area contributed by atoms with Gasteiger partial charge in [-0.1, -0.05) is 29.8 Å². The van der Waals surface area contributed by atoms with Crippen molar-refractivity contribution in [3.05, 3.63) is 65.3 Å². The Kier molecular flexibility index (Phi) is 3.76. The van der Waals surface area contributed by atoms with Crippen molar-refractivity contribution in [2.75, 3.05) is 0 Å². The second kappa shape index (κ2) is 5.59. The van der Waals surface area contributed by atoms with Crippen LogP contribution in [0.4, 0.5) is 0 Å². The van der Waals surface area contributed by atoms with Gasteiger partial charge in [-0.15, -0.1) is 0 Å². The highest BCUT2D eigenvalue weighted by Crippen LogP contribution is 2.28. The van der Waals surface area contributed by atoms with Crippen molar-refractivity contribution in [3.8, 4) is 5.75 Å². The standard InChI is InChI=1S/C16H12ClNO3S/c1-11-10-13(17)7-8-15(11)22(19,20)21-14-6-2-4-12-5-3-9-18-16(12)14/h2-10H,1H3. The fourth-order valence-electron chi connectivity index (χ4n) is 2.20. The van der Waals surface area contributed by atoms with Crippen LogP contribution in [0.15, 0.2) is 59.6 Å². The van der Waals surface area contributed by atoms with Gasteiger partial charge >= 0.3 is 10.1 Å². The molecule has 0 radical (unpaired) electrons. The Morgan fingerprint density at radius 1 is 1.09 bits per heavy atom. The summed E-state index contributed by atoms with van der Waals surface area (Å²) in [5.74, 6) is 0.201. The predicted octanol–water partition coefficient (Wildman–Crippen LogP) is 3.96. The normalized spacial score (nSPS) is 11.5. The molecule has 0 aliphatic carbocycles. The summed E-state index contributed by atoms with van der Waals surface area (Å²) in [7, 11) is -3.95. The third-order valence-corrected chi connectivity index (χ3v) is 4.83. The van der Waals surface area contributed by atoms with Crippen molar-refractivity contribution in [2.24, 2.45) is 0 Å². The molecular weight excluding hydrogens is 322 g/mol. The number of benzene rings is 2. The topological polar surface area (TPSA) is 56.3 Å². The molecule has 1 heterocycles. The second-order valence-corrected chi connectivity index (χ2v) is 6.73. The average molecular weight is 334 g/mol. The van der Waals surface area contributed by atoms with E-state index < -0.39 is 10.1 Å². The zero-order valence-electron chi connectivity index (χ0n) is 11.7. The van der Waals surface area contributed by atoms with E-state index in [1.807, 2.05) is 12.1 Å². The van der Waals surface area contributed by atoms with Gasteiger partial charge in [0.2, 0.25) is 0 Å². The minimum atomic E-state index is -3.95. The van der Waals surface area contributed by atoms with Gasteiger partial charge in [0.05, 0.1) is 0 Å². The lowest BCUT2D eigenvalue weighted by Gasteiger charge is -2.11. The van der Waals surface area contributed by atoms with Crippen LogP contribution in [0.1, 0.15) is 5.56 Å². The van der Waals surface area contributed by atoms with Crippen LogP contribution in [0.25, 0.3) is 10.9 Å². The molecule has 3 aromatic rings. The smallest absolute Gasteiger partial charge is 0.339 e. The van der Waals surface area contributed by atoms with Gasteiger partial charge in [-0.3, -0.25) is 4.98 Å². The summed E-state index contributed by atoms with van der Waals surface area (Å²) in [5, 5.41) is 1.28. The zero-order chi connectivity index (χ0) is 15.7. The molecule has 6 heteroatoms. The maximum atomic E-state index is 12.5. The lowest BCUT2D eigenvalue weighted by molar-refractivity contribution is 0.487. The lowest BCUT2D eigenvalue weighted by atomic mass is 10.2. The van der Waals surface area contributed by atoms with Gasteiger partial charge < -0.3 is 4.18 Å². The third-order valence-electron chi connectivity index (χ3n) is 3.20. The summed E-state index contributed by atoms with van der Waals surface area (Å²) in [6.45, 7) is 1.67. The molecule has 0 atom stereocenters. The van der Waals surface area contributed by atoms with E-state index in [2.05, 4.69) is 4.98 Å². The maximum absolute atomic E-state index is 12.5. The molecule has 0 aliphatic heterocycles. The molecule has 0 N–H and O–H groups in total. The number of halogens is 1. The Hall–Kier alpha value is -2.11. The fourth-order valence-corrected chi connectivity index (χ4v) is 3.58. The van der Waals surface area contributed by atoms with Crippen LogP contribution in [0.5, 0.6) is 5.75 Å². The van der Waals surface area contributed by atoms with E-state index in [-0.39, 0.29) is 10.6 Å². The Morgan fingerprint density at radius 3 is 2.64 bits per heavy atom. The van der Waals surface area contributed by atoms with E-state index in [4.69, 9.17) is 15.8 Å². The first-order valence-electron chi connectivity index (χ1n) is 6.52. The highest BCUT2D eigenvalue weighted by Gasteiger charge is 2.20. The molecule has 3 rings (SSSR count). The number of aromatic nitrogens is 1. The Morgan fingerprint density at radius 2 is 1.86 bits per heavy atom. The minimum Gasteiger partial charge on any atom is -0.377 e. The monoisotopic (exact) mass is 333 g/mol. The van der Waals surface area contributed by atoms with Crippen LogP contribution in [0.3, 0.4) is 0 Å². The summed E-state index contributed by atoms with van der Waals surface area (Å²) in [6.07, 6.45) is 1.59. The van der Waals surface area contributed by atoms with E-state index in [0.29, 0.717) is 16.1 Å². The predicted molar refractivity (Wildman–Crippen MR) is 85.7 cm³/mol. The highest BCUT2D eigenvalue weighted by molar-refractivity contribution is 7.87. The van der Waals surface area contributed by atoms with Crippen LogP contribution >= 0.6 is 11.6 Å². The molecule has 0 bridgehead atoms. The fraction of sp³-hybridized carbons (Fsp3) is 0.0625. The summed E-state index contributed by atoms with van der Waals surface area (Å²) >= 11 is 5.86. The number of hydrogen-bond acceptors (Lipinski definition) is 4. The Labute approximate surface area is 133 Å². The Bertz CT molecular complexity index is 949. The van der Waals surface area contributed by atoms with E-state index >= 15 is 0 Å². The van der Waals surface area contributed by atoms with E-state index in [1.54, 1.807) is 37.4 Å². The van der Waals surface area contributed by atoms with Crippen molar-refractivity contribution in [3.63, 3.8) is 0 Å². The van der Waals surface area contributed by atoms with Crippen molar-refractivity contribution >= 4 is 32.6 Å². The van der Waals surface area contributed by atoms with Gasteiger partial charge in [-0.25, -0.2) is 0 Å². The Balaban J connectivity index is 2.07. The van der Waals surface area contributed by atoms with Crippen LogP contribution in [0, 0.1) is 6.92 Å². The molecule has 0 amide bonds. The summed E-state index contributed by atoms with van der Waals surface area (Å²) in [4.78, 5) is 4.27. The highest BCUT2D eigenvalue weighted by atomic mass is 35.5. The van der Waals surface area contributed by atoms with Crippen LogP contribution in [-0.2, 0) is 10.1 Å². The SMILES string of the molecule is Cc1cc(Cl)ccc1S(=O)(=O)Oc1cccc2cccnc12. The van der Waals surface area contributed by atoms with Crippen molar-refractivity contribution < 1.29 is 12.6 Å². The van der Waals surface area contributed by atoms with Crippen LogP contribution in [-0.4, -0.2) is 13.4 Å². The number of rotatable bonds is 3. The number of nitrogens with zero attached hydrogens (tertiary/aromatic N) is 1. The molecule has 0 saturated heterocycles. The molecule has 4 nitrogen and oxygen atoms in total. The zero-order valence-corrected chi connectivity index (χ0v) is 13.2. The van der Waals surface area contributed by atoms with Gasteiger partial charge in [0.15, 0.2) is 5.75 Å². The van der Waals surface area contributed by atoms with E-state index in [1.165, 1.54) is 12.1 Å².